The third-order valence-electron chi connectivity index (χ3n) is 12.3. The lowest BCUT2D eigenvalue weighted by Gasteiger charge is -2.58. The van der Waals surface area contributed by atoms with Gasteiger partial charge < -0.3 is 35.3 Å². The van der Waals surface area contributed by atoms with Crippen molar-refractivity contribution in [3.63, 3.8) is 0 Å². The zero-order valence-corrected chi connectivity index (χ0v) is 32.6. The molecule has 3 aromatic heterocycles. The van der Waals surface area contributed by atoms with Crippen LogP contribution in [0, 0.1) is 17.8 Å². The number of aliphatic hydroxyl groups is 1. The summed E-state index contributed by atoms with van der Waals surface area (Å²) in [6.07, 6.45) is 10.5. The predicted molar refractivity (Wildman–Crippen MR) is 224 cm³/mol. The standard InChI is InChI=1S/C46H49N7O4/c1-55-38-13-4-29(5-14-38)26-52(27-30-6-15-39(56-2)16-7-30)37-11-9-36(10-12-37)50-45(47)40-25-49-53-28-35(32-8-17-42(57-3)48-24-32)20-41(53)44(40)51-43-33-18-31-19-34(43)23-46(54,21-31)22-33/h4-17,20,24-25,28,31,33-34,43,51,54H,18-19,21-23,26-27H2,1-3H3,(H2,47,50). The summed E-state index contributed by atoms with van der Waals surface area (Å²) in [4.78, 5) is 11.8. The molecule has 0 amide bonds. The molecule has 4 aliphatic rings. The van der Waals surface area contributed by atoms with E-state index in [0.717, 1.165) is 82.9 Å². The van der Waals surface area contributed by atoms with Gasteiger partial charge in [0.15, 0.2) is 0 Å². The van der Waals surface area contributed by atoms with Crippen molar-refractivity contribution in [3.8, 4) is 28.5 Å². The summed E-state index contributed by atoms with van der Waals surface area (Å²) in [5.74, 6) is 3.99. The molecule has 2 atom stereocenters. The van der Waals surface area contributed by atoms with E-state index >= 15 is 0 Å². The van der Waals surface area contributed by atoms with E-state index in [4.69, 9.17) is 30.0 Å². The van der Waals surface area contributed by atoms with Crippen molar-refractivity contribution in [1.29, 1.82) is 0 Å². The molecule has 3 aromatic carbocycles. The second kappa shape index (κ2) is 15.1. The zero-order chi connectivity index (χ0) is 39.1. The first-order valence-electron chi connectivity index (χ1n) is 19.7. The van der Waals surface area contributed by atoms with Gasteiger partial charge in [0.05, 0.1) is 55.6 Å². The van der Waals surface area contributed by atoms with Gasteiger partial charge in [-0.1, -0.05) is 24.3 Å². The fourth-order valence-electron chi connectivity index (χ4n) is 9.69. The smallest absolute Gasteiger partial charge is 0.212 e. The van der Waals surface area contributed by atoms with Crippen LogP contribution in [0.5, 0.6) is 17.4 Å². The Kier molecular flexibility index (Phi) is 9.70. The molecule has 4 N–H and O–H groups in total. The number of benzene rings is 3. The minimum Gasteiger partial charge on any atom is -0.497 e. The van der Waals surface area contributed by atoms with Gasteiger partial charge in [-0.05, 0) is 122 Å². The van der Waals surface area contributed by atoms with E-state index in [1.807, 2.05) is 71.6 Å². The number of anilines is 2. The third kappa shape index (κ3) is 7.47. The minimum absolute atomic E-state index is 0.224. The summed E-state index contributed by atoms with van der Waals surface area (Å²) in [5.41, 5.74) is 15.1. The average Bonchev–Trinajstić information content (AvgIpc) is 3.67. The molecule has 4 aliphatic carbocycles. The van der Waals surface area contributed by atoms with Gasteiger partial charge in [0, 0.05) is 54.4 Å². The normalized spacial score (nSPS) is 22.4. The maximum Gasteiger partial charge on any atom is 0.212 e. The Bertz CT molecular complexity index is 2310. The lowest BCUT2D eigenvalue weighted by Crippen LogP contribution is -2.59. The fraction of sp³-hybridized carbons (Fsp3) is 0.326. The Balaban J connectivity index is 1.04. The highest BCUT2D eigenvalue weighted by molar-refractivity contribution is 6.06. The van der Waals surface area contributed by atoms with E-state index in [1.54, 1.807) is 21.3 Å². The number of aliphatic imine (C=N–C) groups is 1. The number of amidine groups is 1. The molecule has 0 saturated heterocycles. The minimum atomic E-state index is -0.528. The molecular weight excluding hydrogens is 715 g/mol. The summed E-state index contributed by atoms with van der Waals surface area (Å²) in [6.45, 7) is 1.41. The first-order chi connectivity index (χ1) is 27.8. The zero-order valence-electron chi connectivity index (χ0n) is 32.6. The van der Waals surface area contributed by atoms with Crippen LogP contribution >= 0.6 is 0 Å². The molecule has 0 aliphatic heterocycles. The molecule has 6 aromatic rings. The van der Waals surface area contributed by atoms with E-state index in [-0.39, 0.29) is 6.04 Å². The molecule has 4 saturated carbocycles. The summed E-state index contributed by atoms with van der Waals surface area (Å²) < 4.78 is 18.0. The number of methoxy groups -OCH3 is 3. The van der Waals surface area contributed by atoms with E-state index in [0.29, 0.717) is 42.6 Å². The topological polar surface area (TPSA) is 132 Å². The lowest BCUT2D eigenvalue weighted by molar-refractivity contribution is -0.129. The van der Waals surface area contributed by atoms with Gasteiger partial charge in [-0.2, -0.15) is 5.10 Å². The van der Waals surface area contributed by atoms with E-state index in [9.17, 15) is 5.11 Å². The second-order valence-corrected chi connectivity index (χ2v) is 16.0. The molecule has 292 valence electrons. The quantitative estimate of drug-likeness (QED) is 0.0791. The lowest BCUT2D eigenvalue weighted by atomic mass is 9.52. The van der Waals surface area contributed by atoms with Crippen molar-refractivity contribution in [2.24, 2.45) is 28.5 Å². The van der Waals surface area contributed by atoms with Crippen molar-refractivity contribution in [1.82, 2.24) is 14.6 Å². The molecule has 4 fully saturated rings. The fourth-order valence-corrected chi connectivity index (χ4v) is 9.69. The Hall–Kier alpha value is -6.07. The number of aromatic nitrogens is 3. The third-order valence-corrected chi connectivity index (χ3v) is 12.3. The maximum absolute atomic E-state index is 11.4. The first kappa shape index (κ1) is 36.6. The number of rotatable bonds is 13. The van der Waals surface area contributed by atoms with Crippen LogP contribution < -0.4 is 30.2 Å². The van der Waals surface area contributed by atoms with Gasteiger partial charge in [-0.15, -0.1) is 0 Å². The van der Waals surface area contributed by atoms with Crippen molar-refractivity contribution in [2.45, 2.75) is 56.8 Å². The van der Waals surface area contributed by atoms with E-state index in [1.165, 1.54) is 11.1 Å². The van der Waals surface area contributed by atoms with Crippen LogP contribution in [-0.4, -0.2) is 58.5 Å². The molecule has 2 unspecified atom stereocenters. The number of hydrogen-bond acceptors (Lipinski definition) is 9. The van der Waals surface area contributed by atoms with Crippen molar-refractivity contribution >= 4 is 28.4 Å². The Morgan fingerprint density at radius 3 is 2.04 bits per heavy atom. The van der Waals surface area contributed by atoms with E-state index < -0.39 is 5.60 Å². The highest BCUT2D eigenvalue weighted by Crippen LogP contribution is 2.56. The predicted octanol–water partition coefficient (Wildman–Crippen LogP) is 8.02. The maximum atomic E-state index is 11.4. The van der Waals surface area contributed by atoms with Gasteiger partial charge in [0.25, 0.3) is 0 Å². The number of ether oxygens (including phenoxy) is 3. The largest absolute Gasteiger partial charge is 0.497 e. The summed E-state index contributed by atoms with van der Waals surface area (Å²) in [7, 11) is 4.98. The molecule has 0 spiro atoms. The highest BCUT2D eigenvalue weighted by Gasteiger charge is 2.54. The van der Waals surface area contributed by atoms with Gasteiger partial charge in [0.2, 0.25) is 5.88 Å². The van der Waals surface area contributed by atoms with Gasteiger partial charge in [-0.3, -0.25) is 0 Å². The Labute approximate surface area is 333 Å². The highest BCUT2D eigenvalue weighted by atomic mass is 16.5. The van der Waals surface area contributed by atoms with Crippen molar-refractivity contribution < 1.29 is 19.3 Å². The monoisotopic (exact) mass is 763 g/mol. The SMILES string of the molecule is COc1ccc(CN(Cc2ccc(OC)cc2)c2ccc(N=C(N)c3cnn4cc(-c5ccc(OC)nc5)cc4c3NC3C4CC5CC3CC(O)(C5)C4)cc2)cc1. The van der Waals surface area contributed by atoms with Crippen LogP contribution in [0.4, 0.5) is 17.1 Å². The Morgan fingerprint density at radius 2 is 1.47 bits per heavy atom. The summed E-state index contributed by atoms with van der Waals surface area (Å²) in [6, 6.07) is 30.8. The number of hydrogen-bond donors (Lipinski definition) is 3. The van der Waals surface area contributed by atoms with Crippen LogP contribution in [0.15, 0.2) is 115 Å². The first-order valence-corrected chi connectivity index (χ1v) is 19.7. The van der Waals surface area contributed by atoms with Crippen molar-refractivity contribution in [3.05, 3.63) is 126 Å². The molecule has 4 bridgehead atoms. The molecule has 10 rings (SSSR count). The van der Waals surface area contributed by atoms with Crippen molar-refractivity contribution in [2.75, 3.05) is 31.5 Å². The molecule has 3 heterocycles. The van der Waals surface area contributed by atoms with Crippen LogP contribution in [0.2, 0.25) is 0 Å². The van der Waals surface area contributed by atoms with Gasteiger partial charge in [0.1, 0.15) is 17.3 Å². The number of fused-ring (bicyclic) bond motifs is 1. The van der Waals surface area contributed by atoms with Gasteiger partial charge in [-0.25, -0.2) is 14.5 Å². The molecule has 57 heavy (non-hydrogen) atoms. The van der Waals surface area contributed by atoms with E-state index in [2.05, 4.69) is 57.7 Å². The summed E-state index contributed by atoms with van der Waals surface area (Å²) >= 11 is 0. The number of nitrogens with one attached hydrogen (secondary N) is 1. The Morgan fingerprint density at radius 1 is 0.825 bits per heavy atom. The van der Waals surface area contributed by atoms with Crippen LogP contribution in [0.25, 0.3) is 16.6 Å². The van der Waals surface area contributed by atoms with Crippen LogP contribution in [0.3, 0.4) is 0 Å². The molecule has 0 radical (unpaired) electrons. The number of nitrogens with zero attached hydrogens (tertiary/aromatic N) is 5. The molecular formula is C46H49N7O4. The molecule has 11 heteroatoms. The van der Waals surface area contributed by atoms with Crippen LogP contribution in [0.1, 0.15) is 48.8 Å². The number of nitrogens with two attached hydrogens (primary N) is 1. The summed E-state index contributed by atoms with van der Waals surface area (Å²) in [5, 5.41) is 20.2. The molecule has 11 nitrogen and oxygen atoms in total. The average molecular weight is 764 g/mol. The second-order valence-electron chi connectivity index (χ2n) is 16.0. The van der Waals surface area contributed by atoms with Gasteiger partial charge >= 0.3 is 0 Å². The van der Waals surface area contributed by atoms with Crippen LogP contribution in [-0.2, 0) is 13.1 Å². The number of pyridine rings is 1.